The molecule has 2 heterocycles. The van der Waals surface area contributed by atoms with Crippen molar-refractivity contribution in [1.82, 2.24) is 4.98 Å². The summed E-state index contributed by atoms with van der Waals surface area (Å²) in [6.45, 7) is 0.495. The number of hydrogen-bond donors (Lipinski definition) is 1. The van der Waals surface area contributed by atoms with Gasteiger partial charge in [-0.3, -0.25) is 9.78 Å². The van der Waals surface area contributed by atoms with E-state index in [9.17, 15) is 4.79 Å². The first kappa shape index (κ1) is 13.1. The molecule has 1 unspecified atom stereocenters. The van der Waals surface area contributed by atoms with Gasteiger partial charge in [0.2, 0.25) is 0 Å². The molecule has 3 rings (SSSR count). The van der Waals surface area contributed by atoms with Crippen LogP contribution in [0.5, 0.6) is 0 Å². The van der Waals surface area contributed by atoms with Gasteiger partial charge in [-0.25, -0.2) is 0 Å². The van der Waals surface area contributed by atoms with Crippen LogP contribution >= 0.6 is 11.6 Å². The van der Waals surface area contributed by atoms with Crippen molar-refractivity contribution in [1.29, 1.82) is 0 Å². The molecule has 1 aromatic heterocycles. The standard InChI is InChI=1S/C15H14ClN3O/c16-13-8-18-6-5-12(13)15(20)19-9-11(17)7-10-3-1-2-4-14(10)19/h1-6,8,11H,7,9,17H2. The number of nitrogens with zero attached hydrogens (tertiary/aromatic N) is 2. The summed E-state index contributed by atoms with van der Waals surface area (Å²) in [7, 11) is 0. The summed E-state index contributed by atoms with van der Waals surface area (Å²) < 4.78 is 0. The second-order valence-corrected chi connectivity index (χ2v) is 5.27. The van der Waals surface area contributed by atoms with Crippen molar-refractivity contribution in [2.24, 2.45) is 5.73 Å². The summed E-state index contributed by atoms with van der Waals surface area (Å²) >= 11 is 6.06. The molecule has 0 radical (unpaired) electrons. The number of nitrogens with two attached hydrogens (primary N) is 1. The van der Waals surface area contributed by atoms with Crippen LogP contribution < -0.4 is 10.6 Å². The van der Waals surface area contributed by atoms with Gasteiger partial charge in [-0.1, -0.05) is 29.8 Å². The summed E-state index contributed by atoms with van der Waals surface area (Å²) in [5.41, 5.74) is 8.50. The van der Waals surface area contributed by atoms with Crippen LogP contribution in [0.15, 0.2) is 42.7 Å². The van der Waals surface area contributed by atoms with E-state index in [-0.39, 0.29) is 11.9 Å². The fraction of sp³-hybridized carbons (Fsp3) is 0.200. The van der Waals surface area contributed by atoms with E-state index in [1.54, 1.807) is 17.2 Å². The Balaban J connectivity index is 2.02. The van der Waals surface area contributed by atoms with Crippen LogP contribution in [-0.4, -0.2) is 23.5 Å². The number of rotatable bonds is 1. The zero-order valence-corrected chi connectivity index (χ0v) is 11.5. The Morgan fingerprint density at radius 2 is 2.15 bits per heavy atom. The molecule has 20 heavy (non-hydrogen) atoms. The zero-order valence-electron chi connectivity index (χ0n) is 10.8. The fourth-order valence-electron chi connectivity index (χ4n) is 2.51. The average molecular weight is 288 g/mol. The van der Waals surface area contributed by atoms with E-state index >= 15 is 0 Å². The van der Waals surface area contributed by atoms with E-state index in [0.29, 0.717) is 17.1 Å². The van der Waals surface area contributed by atoms with Crippen molar-refractivity contribution >= 4 is 23.2 Å². The average Bonchev–Trinajstić information content (AvgIpc) is 2.46. The number of para-hydroxylation sites is 1. The van der Waals surface area contributed by atoms with Crippen molar-refractivity contribution in [2.45, 2.75) is 12.5 Å². The maximum absolute atomic E-state index is 12.7. The maximum Gasteiger partial charge on any atom is 0.259 e. The molecule has 0 fully saturated rings. The third-order valence-electron chi connectivity index (χ3n) is 3.43. The number of amides is 1. The van der Waals surface area contributed by atoms with Crippen LogP contribution in [0.3, 0.4) is 0 Å². The van der Waals surface area contributed by atoms with E-state index in [2.05, 4.69) is 4.98 Å². The van der Waals surface area contributed by atoms with E-state index in [0.717, 1.165) is 17.7 Å². The molecule has 1 aliphatic rings. The summed E-state index contributed by atoms with van der Waals surface area (Å²) in [5, 5.41) is 0.356. The van der Waals surface area contributed by atoms with Gasteiger partial charge in [0.05, 0.1) is 10.6 Å². The molecular weight excluding hydrogens is 274 g/mol. The molecular formula is C15H14ClN3O. The molecule has 0 bridgehead atoms. The second-order valence-electron chi connectivity index (χ2n) is 4.86. The summed E-state index contributed by atoms with van der Waals surface area (Å²) in [4.78, 5) is 18.3. The van der Waals surface area contributed by atoms with E-state index in [4.69, 9.17) is 17.3 Å². The number of aromatic nitrogens is 1. The largest absolute Gasteiger partial charge is 0.326 e. The third kappa shape index (κ3) is 2.28. The summed E-state index contributed by atoms with van der Waals surface area (Å²) in [6.07, 6.45) is 3.82. The SMILES string of the molecule is NC1Cc2ccccc2N(C(=O)c2ccncc2Cl)C1. The Morgan fingerprint density at radius 1 is 1.35 bits per heavy atom. The number of fused-ring (bicyclic) bond motifs is 1. The minimum absolute atomic E-state index is 0.0607. The summed E-state index contributed by atoms with van der Waals surface area (Å²) in [6, 6.07) is 9.39. The first-order chi connectivity index (χ1) is 9.66. The fourth-order valence-corrected chi connectivity index (χ4v) is 2.71. The molecule has 102 valence electrons. The topological polar surface area (TPSA) is 59.2 Å². The van der Waals surface area contributed by atoms with Gasteiger partial charge in [0.15, 0.2) is 0 Å². The lowest BCUT2D eigenvalue weighted by atomic mass is 9.98. The number of benzene rings is 1. The number of carbonyl (C=O) groups excluding carboxylic acids is 1. The highest BCUT2D eigenvalue weighted by Crippen LogP contribution is 2.29. The van der Waals surface area contributed by atoms with Gasteiger partial charge < -0.3 is 10.6 Å². The van der Waals surface area contributed by atoms with Crippen LogP contribution in [0.1, 0.15) is 15.9 Å². The highest BCUT2D eigenvalue weighted by Gasteiger charge is 2.28. The molecule has 1 atom stereocenters. The van der Waals surface area contributed by atoms with Crippen LogP contribution in [0.25, 0.3) is 0 Å². The highest BCUT2D eigenvalue weighted by molar-refractivity contribution is 6.34. The van der Waals surface area contributed by atoms with Crippen molar-refractivity contribution < 1.29 is 4.79 Å². The minimum Gasteiger partial charge on any atom is -0.326 e. The molecule has 1 aromatic carbocycles. The van der Waals surface area contributed by atoms with Crippen LogP contribution in [-0.2, 0) is 6.42 Å². The minimum atomic E-state index is -0.139. The summed E-state index contributed by atoms with van der Waals surface area (Å²) in [5.74, 6) is -0.139. The molecule has 4 nitrogen and oxygen atoms in total. The first-order valence-corrected chi connectivity index (χ1v) is 6.79. The van der Waals surface area contributed by atoms with Gasteiger partial charge in [0.25, 0.3) is 5.91 Å². The van der Waals surface area contributed by atoms with Crippen molar-refractivity contribution in [2.75, 3.05) is 11.4 Å². The normalized spacial score (nSPS) is 17.7. The monoisotopic (exact) mass is 287 g/mol. The van der Waals surface area contributed by atoms with Gasteiger partial charge in [-0.2, -0.15) is 0 Å². The zero-order chi connectivity index (χ0) is 14.1. The van der Waals surface area contributed by atoms with Gasteiger partial charge in [-0.15, -0.1) is 0 Å². The van der Waals surface area contributed by atoms with Crippen LogP contribution in [0.4, 0.5) is 5.69 Å². The maximum atomic E-state index is 12.7. The van der Waals surface area contributed by atoms with E-state index in [1.165, 1.54) is 6.20 Å². The van der Waals surface area contributed by atoms with Gasteiger partial charge in [-0.05, 0) is 24.1 Å². The van der Waals surface area contributed by atoms with Gasteiger partial charge >= 0.3 is 0 Å². The molecule has 0 saturated carbocycles. The Labute approximate surface area is 122 Å². The molecule has 0 spiro atoms. The molecule has 1 amide bonds. The van der Waals surface area contributed by atoms with Crippen molar-refractivity contribution in [3.8, 4) is 0 Å². The molecule has 0 aliphatic carbocycles. The molecule has 0 saturated heterocycles. The van der Waals surface area contributed by atoms with Crippen LogP contribution in [0, 0.1) is 0 Å². The lowest BCUT2D eigenvalue weighted by molar-refractivity contribution is 0.0983. The Hall–Kier alpha value is -1.91. The van der Waals surface area contributed by atoms with Gasteiger partial charge in [0, 0.05) is 30.7 Å². The molecule has 1 aliphatic heterocycles. The van der Waals surface area contributed by atoms with E-state index < -0.39 is 0 Å². The van der Waals surface area contributed by atoms with Gasteiger partial charge in [0.1, 0.15) is 0 Å². The molecule has 2 N–H and O–H groups in total. The van der Waals surface area contributed by atoms with Crippen LogP contribution in [0.2, 0.25) is 5.02 Å². The van der Waals surface area contributed by atoms with E-state index in [1.807, 2.05) is 24.3 Å². The Morgan fingerprint density at radius 3 is 2.95 bits per heavy atom. The Kier molecular flexibility index (Phi) is 3.42. The van der Waals surface area contributed by atoms with Crippen molar-refractivity contribution in [3.63, 3.8) is 0 Å². The smallest absolute Gasteiger partial charge is 0.259 e. The molecule has 5 heteroatoms. The molecule has 2 aromatic rings. The predicted molar refractivity (Wildman–Crippen MR) is 79.0 cm³/mol. The number of halogens is 1. The number of anilines is 1. The number of pyridine rings is 1. The quantitative estimate of drug-likeness (QED) is 0.875. The first-order valence-electron chi connectivity index (χ1n) is 6.41. The third-order valence-corrected chi connectivity index (χ3v) is 3.73. The second kappa shape index (κ2) is 5.23. The number of hydrogen-bond acceptors (Lipinski definition) is 3. The number of carbonyl (C=O) groups is 1. The lowest BCUT2D eigenvalue weighted by Crippen LogP contribution is -2.46. The van der Waals surface area contributed by atoms with Crippen molar-refractivity contribution in [3.05, 3.63) is 58.9 Å². The highest BCUT2D eigenvalue weighted by atomic mass is 35.5. The Bertz CT molecular complexity index is 659. The predicted octanol–water partition coefficient (Wildman–Crippen LogP) is 2.27. The lowest BCUT2D eigenvalue weighted by Gasteiger charge is -2.33.